The average molecular weight is 438 g/mol. The molecule has 1 heterocycles. The Hall–Kier alpha value is -1.63. The van der Waals surface area contributed by atoms with Crippen LogP contribution in [-0.4, -0.2) is 36.5 Å². The van der Waals surface area contributed by atoms with Gasteiger partial charge < -0.3 is 10.2 Å². The van der Waals surface area contributed by atoms with Crippen LogP contribution in [0.1, 0.15) is 23.7 Å². The summed E-state index contributed by atoms with van der Waals surface area (Å²) in [5.41, 5.74) is 3.75. The number of halogens is 1. The zero-order chi connectivity index (χ0) is 16.5. The average Bonchev–Trinajstić information content (AvgIpc) is 2.60. The van der Waals surface area contributed by atoms with E-state index in [2.05, 4.69) is 58.4 Å². The van der Waals surface area contributed by atoms with Gasteiger partial charge in [0.15, 0.2) is 5.96 Å². The van der Waals surface area contributed by atoms with Crippen molar-refractivity contribution >= 4 is 29.9 Å². The number of pyridine rings is 1. The molecule has 5 heteroatoms. The Morgan fingerprint density at radius 1 is 1.12 bits per heavy atom. The van der Waals surface area contributed by atoms with Crippen molar-refractivity contribution in [3.63, 3.8) is 0 Å². The maximum atomic E-state index is 4.36. The van der Waals surface area contributed by atoms with Crippen LogP contribution >= 0.6 is 24.0 Å². The standard InChI is InChI=1S/C19H26N4.HI/c1-4-16-8-10-17(11-9-16)15-23(3)19(20-2)22-14-12-18-7-5-6-13-21-18;/h5-11,13H,4,12,14-15H2,1-3H3,(H,20,22);1H. The highest BCUT2D eigenvalue weighted by molar-refractivity contribution is 14.0. The van der Waals surface area contributed by atoms with E-state index in [0.29, 0.717) is 0 Å². The lowest BCUT2D eigenvalue weighted by molar-refractivity contribution is 0.477. The molecule has 0 spiro atoms. The van der Waals surface area contributed by atoms with Crippen LogP contribution in [-0.2, 0) is 19.4 Å². The van der Waals surface area contributed by atoms with E-state index < -0.39 is 0 Å². The van der Waals surface area contributed by atoms with Crippen molar-refractivity contribution in [2.24, 2.45) is 4.99 Å². The summed E-state index contributed by atoms with van der Waals surface area (Å²) in [6, 6.07) is 14.8. The number of aromatic nitrogens is 1. The molecule has 1 N–H and O–H groups in total. The van der Waals surface area contributed by atoms with Crippen LogP contribution in [0.4, 0.5) is 0 Å². The predicted octanol–water partition coefficient (Wildman–Crippen LogP) is 3.51. The number of benzene rings is 1. The minimum Gasteiger partial charge on any atom is -0.356 e. The van der Waals surface area contributed by atoms with Crippen LogP contribution < -0.4 is 5.32 Å². The fraction of sp³-hybridized carbons (Fsp3) is 0.368. The Labute approximate surface area is 162 Å². The third-order valence-corrected chi connectivity index (χ3v) is 3.81. The maximum absolute atomic E-state index is 4.36. The summed E-state index contributed by atoms with van der Waals surface area (Å²) in [5, 5.41) is 3.40. The fourth-order valence-corrected chi connectivity index (χ4v) is 2.46. The lowest BCUT2D eigenvalue weighted by atomic mass is 10.1. The van der Waals surface area contributed by atoms with Gasteiger partial charge in [-0.15, -0.1) is 24.0 Å². The lowest BCUT2D eigenvalue weighted by Gasteiger charge is -2.22. The van der Waals surface area contributed by atoms with Crippen LogP contribution in [0.15, 0.2) is 53.7 Å². The van der Waals surface area contributed by atoms with E-state index >= 15 is 0 Å². The van der Waals surface area contributed by atoms with E-state index in [4.69, 9.17) is 0 Å². The molecule has 0 fully saturated rings. The van der Waals surface area contributed by atoms with E-state index in [0.717, 1.165) is 37.6 Å². The van der Waals surface area contributed by atoms with E-state index in [1.165, 1.54) is 11.1 Å². The molecule has 130 valence electrons. The smallest absolute Gasteiger partial charge is 0.193 e. The van der Waals surface area contributed by atoms with Crippen molar-refractivity contribution < 1.29 is 0 Å². The molecule has 1 aromatic heterocycles. The van der Waals surface area contributed by atoms with Crippen molar-refractivity contribution in [2.75, 3.05) is 20.6 Å². The summed E-state index contributed by atoms with van der Waals surface area (Å²) in [5.74, 6) is 0.903. The highest BCUT2D eigenvalue weighted by atomic mass is 127. The first kappa shape index (κ1) is 20.4. The number of guanidine groups is 1. The summed E-state index contributed by atoms with van der Waals surface area (Å²) in [7, 11) is 3.88. The second kappa shape index (κ2) is 11.0. The minimum absolute atomic E-state index is 0. The Balaban J connectivity index is 0.00000288. The lowest BCUT2D eigenvalue weighted by Crippen LogP contribution is -2.39. The molecule has 0 unspecified atom stereocenters. The van der Waals surface area contributed by atoms with E-state index in [-0.39, 0.29) is 24.0 Å². The Bertz CT molecular complexity index is 611. The van der Waals surface area contributed by atoms with Gasteiger partial charge in [-0.2, -0.15) is 0 Å². The molecule has 0 aliphatic heterocycles. The molecule has 2 aromatic rings. The third-order valence-electron chi connectivity index (χ3n) is 3.81. The second-order valence-electron chi connectivity index (χ2n) is 5.57. The SMILES string of the molecule is CCc1ccc(CN(C)C(=NC)NCCc2ccccn2)cc1.I. The zero-order valence-corrected chi connectivity index (χ0v) is 17.0. The highest BCUT2D eigenvalue weighted by Crippen LogP contribution is 2.07. The molecule has 0 saturated heterocycles. The van der Waals surface area contributed by atoms with Crippen LogP contribution in [0.25, 0.3) is 0 Å². The summed E-state index contributed by atoms with van der Waals surface area (Å²) < 4.78 is 0. The molecule has 2 rings (SSSR count). The number of aliphatic imine (C=N–C) groups is 1. The summed E-state index contributed by atoms with van der Waals surface area (Å²) >= 11 is 0. The third kappa shape index (κ3) is 6.47. The minimum atomic E-state index is 0. The Morgan fingerprint density at radius 2 is 1.83 bits per heavy atom. The van der Waals surface area contributed by atoms with Gasteiger partial charge in [-0.3, -0.25) is 9.98 Å². The number of nitrogens with zero attached hydrogens (tertiary/aromatic N) is 3. The molecule has 0 aliphatic carbocycles. The van der Waals surface area contributed by atoms with Gasteiger partial charge in [-0.25, -0.2) is 0 Å². The molecule has 4 nitrogen and oxygen atoms in total. The first-order chi connectivity index (χ1) is 11.2. The molecule has 0 radical (unpaired) electrons. The normalized spacial score (nSPS) is 10.9. The quantitative estimate of drug-likeness (QED) is 0.427. The molecule has 24 heavy (non-hydrogen) atoms. The number of rotatable bonds is 6. The van der Waals surface area contributed by atoms with Gasteiger partial charge in [-0.1, -0.05) is 37.3 Å². The summed E-state index contributed by atoms with van der Waals surface area (Å²) in [6.07, 6.45) is 3.79. The first-order valence-electron chi connectivity index (χ1n) is 8.12. The van der Waals surface area contributed by atoms with Crippen molar-refractivity contribution in [3.8, 4) is 0 Å². The van der Waals surface area contributed by atoms with Crippen LogP contribution in [0.3, 0.4) is 0 Å². The van der Waals surface area contributed by atoms with Crippen molar-refractivity contribution in [2.45, 2.75) is 26.3 Å². The molecule has 0 aliphatic rings. The van der Waals surface area contributed by atoms with E-state index in [1.807, 2.05) is 31.4 Å². The monoisotopic (exact) mass is 438 g/mol. The van der Waals surface area contributed by atoms with Crippen molar-refractivity contribution in [1.82, 2.24) is 15.2 Å². The van der Waals surface area contributed by atoms with Crippen LogP contribution in [0, 0.1) is 0 Å². The molecule has 1 aromatic carbocycles. The van der Waals surface area contributed by atoms with Gasteiger partial charge in [0.1, 0.15) is 0 Å². The molecular weight excluding hydrogens is 411 g/mol. The first-order valence-corrected chi connectivity index (χ1v) is 8.12. The number of hydrogen-bond acceptors (Lipinski definition) is 2. The second-order valence-corrected chi connectivity index (χ2v) is 5.57. The molecule has 0 atom stereocenters. The largest absolute Gasteiger partial charge is 0.356 e. The van der Waals surface area contributed by atoms with Gasteiger partial charge in [0.2, 0.25) is 0 Å². The van der Waals surface area contributed by atoms with Gasteiger partial charge >= 0.3 is 0 Å². The number of hydrogen-bond donors (Lipinski definition) is 1. The molecule has 0 amide bonds. The van der Waals surface area contributed by atoms with E-state index in [1.54, 1.807) is 0 Å². The van der Waals surface area contributed by atoms with Crippen molar-refractivity contribution in [3.05, 3.63) is 65.5 Å². The Morgan fingerprint density at radius 3 is 2.42 bits per heavy atom. The molecule has 0 bridgehead atoms. The van der Waals surface area contributed by atoms with Crippen molar-refractivity contribution in [1.29, 1.82) is 0 Å². The van der Waals surface area contributed by atoms with Gasteiger partial charge in [-0.05, 0) is 29.7 Å². The highest BCUT2D eigenvalue weighted by Gasteiger charge is 2.06. The predicted molar refractivity (Wildman–Crippen MR) is 112 cm³/mol. The fourth-order valence-electron chi connectivity index (χ4n) is 2.46. The van der Waals surface area contributed by atoms with Crippen LogP contribution in [0.2, 0.25) is 0 Å². The van der Waals surface area contributed by atoms with Gasteiger partial charge in [0.05, 0.1) is 0 Å². The van der Waals surface area contributed by atoms with Gasteiger partial charge in [0, 0.05) is 45.5 Å². The van der Waals surface area contributed by atoms with Crippen LogP contribution in [0.5, 0.6) is 0 Å². The van der Waals surface area contributed by atoms with Gasteiger partial charge in [0.25, 0.3) is 0 Å². The topological polar surface area (TPSA) is 40.5 Å². The molecular formula is C19H27IN4. The maximum Gasteiger partial charge on any atom is 0.193 e. The summed E-state index contributed by atoms with van der Waals surface area (Å²) in [4.78, 5) is 10.8. The zero-order valence-electron chi connectivity index (χ0n) is 14.7. The summed E-state index contributed by atoms with van der Waals surface area (Å²) in [6.45, 7) is 3.84. The number of nitrogens with one attached hydrogen (secondary N) is 1. The van der Waals surface area contributed by atoms with E-state index in [9.17, 15) is 0 Å². The number of aryl methyl sites for hydroxylation is 1. The molecule has 0 saturated carbocycles. The Kier molecular flexibility index (Phi) is 9.37.